The molecule has 2 rings (SSSR count). The summed E-state index contributed by atoms with van der Waals surface area (Å²) >= 11 is 0. The van der Waals surface area contributed by atoms with E-state index in [4.69, 9.17) is 10.5 Å². The van der Waals surface area contributed by atoms with E-state index in [1.165, 1.54) is 18.6 Å². The van der Waals surface area contributed by atoms with Gasteiger partial charge in [-0.1, -0.05) is 19.1 Å². The Morgan fingerprint density at radius 1 is 1.33 bits per heavy atom. The van der Waals surface area contributed by atoms with Crippen LogP contribution in [0.2, 0.25) is 0 Å². The summed E-state index contributed by atoms with van der Waals surface area (Å²) in [6.07, 6.45) is 4.69. The summed E-state index contributed by atoms with van der Waals surface area (Å²) in [5.74, 6) is -0.208. The number of nitrogens with two attached hydrogens (primary N) is 1. The van der Waals surface area contributed by atoms with Crippen molar-refractivity contribution in [2.75, 3.05) is 20.2 Å². The number of ether oxygens (including phenoxy) is 1. The molecule has 0 aromatic heterocycles. The maximum absolute atomic E-state index is 13.1. The van der Waals surface area contributed by atoms with Crippen molar-refractivity contribution in [1.82, 2.24) is 4.90 Å². The highest BCUT2D eigenvalue weighted by Crippen LogP contribution is 2.26. The summed E-state index contributed by atoms with van der Waals surface area (Å²) in [6, 6.07) is 6.83. The quantitative estimate of drug-likeness (QED) is 0.876. The Kier molecular flexibility index (Phi) is 6.15. The molecular formula is C17H27FN2O. The van der Waals surface area contributed by atoms with E-state index in [2.05, 4.69) is 18.9 Å². The summed E-state index contributed by atoms with van der Waals surface area (Å²) in [7, 11) is 2.08. The van der Waals surface area contributed by atoms with Gasteiger partial charge < -0.3 is 10.5 Å². The molecule has 4 heteroatoms. The standard InChI is InChI=1S/C17H27FN2O/c1-3-16(19)17(13-7-9-14(18)10-8-13)20(2)12-15-6-4-5-11-21-15/h7-10,15-17H,3-6,11-12,19H2,1-2H3. The van der Waals surface area contributed by atoms with Gasteiger partial charge >= 0.3 is 0 Å². The molecule has 0 amide bonds. The van der Waals surface area contributed by atoms with Crippen LogP contribution in [0.1, 0.15) is 44.2 Å². The summed E-state index contributed by atoms with van der Waals surface area (Å²) in [4.78, 5) is 2.26. The lowest BCUT2D eigenvalue weighted by atomic mass is 9.96. The Hall–Kier alpha value is -0.970. The molecule has 1 aliphatic rings. The molecule has 2 N–H and O–H groups in total. The van der Waals surface area contributed by atoms with Crippen LogP contribution in [0, 0.1) is 5.82 Å². The largest absolute Gasteiger partial charge is 0.377 e. The van der Waals surface area contributed by atoms with E-state index in [0.29, 0.717) is 0 Å². The van der Waals surface area contributed by atoms with Gasteiger partial charge in [-0.3, -0.25) is 4.90 Å². The van der Waals surface area contributed by atoms with Crippen LogP contribution in [0.15, 0.2) is 24.3 Å². The Balaban J connectivity index is 2.09. The van der Waals surface area contributed by atoms with Gasteiger partial charge in [0.25, 0.3) is 0 Å². The van der Waals surface area contributed by atoms with Gasteiger partial charge in [-0.15, -0.1) is 0 Å². The SMILES string of the molecule is CCC(N)C(c1ccc(F)cc1)N(C)CC1CCCCO1. The third-order valence-electron chi connectivity index (χ3n) is 4.33. The second-order valence-corrected chi connectivity index (χ2v) is 6.00. The maximum atomic E-state index is 13.1. The number of benzene rings is 1. The summed E-state index contributed by atoms with van der Waals surface area (Å²) in [6.45, 7) is 3.82. The molecule has 0 radical (unpaired) electrons. The molecule has 0 aliphatic carbocycles. The van der Waals surface area contributed by atoms with Crippen LogP contribution in [0.5, 0.6) is 0 Å². The second kappa shape index (κ2) is 7.87. The van der Waals surface area contributed by atoms with Crippen molar-refractivity contribution in [3.05, 3.63) is 35.6 Å². The fourth-order valence-corrected chi connectivity index (χ4v) is 3.10. The van der Waals surface area contributed by atoms with E-state index >= 15 is 0 Å². The zero-order chi connectivity index (χ0) is 15.2. The van der Waals surface area contributed by atoms with Crippen LogP contribution in [-0.2, 0) is 4.74 Å². The molecule has 0 saturated carbocycles. The predicted octanol–water partition coefficient (Wildman–Crippen LogP) is 3.11. The highest BCUT2D eigenvalue weighted by Gasteiger charge is 2.26. The molecule has 21 heavy (non-hydrogen) atoms. The first-order valence-electron chi connectivity index (χ1n) is 7.94. The van der Waals surface area contributed by atoms with Crippen LogP contribution in [0.25, 0.3) is 0 Å². The molecule has 1 aliphatic heterocycles. The van der Waals surface area contributed by atoms with E-state index in [-0.39, 0.29) is 24.0 Å². The van der Waals surface area contributed by atoms with Gasteiger partial charge in [0.15, 0.2) is 0 Å². The van der Waals surface area contributed by atoms with Gasteiger partial charge in [-0.25, -0.2) is 4.39 Å². The molecule has 1 heterocycles. The monoisotopic (exact) mass is 294 g/mol. The van der Waals surface area contributed by atoms with Gasteiger partial charge in [0, 0.05) is 25.2 Å². The minimum Gasteiger partial charge on any atom is -0.377 e. The third-order valence-corrected chi connectivity index (χ3v) is 4.33. The Bertz CT molecular complexity index is 417. The van der Waals surface area contributed by atoms with E-state index in [1.807, 2.05) is 12.1 Å². The van der Waals surface area contributed by atoms with Crippen LogP contribution >= 0.6 is 0 Å². The molecule has 1 fully saturated rings. The average molecular weight is 294 g/mol. The molecule has 3 unspecified atom stereocenters. The van der Waals surface area contributed by atoms with Gasteiger partial charge in [0.05, 0.1) is 6.10 Å². The number of hydrogen-bond donors (Lipinski definition) is 1. The minimum absolute atomic E-state index is 0.0315. The smallest absolute Gasteiger partial charge is 0.123 e. The van der Waals surface area contributed by atoms with Crippen molar-refractivity contribution in [2.24, 2.45) is 5.73 Å². The number of rotatable bonds is 6. The Morgan fingerprint density at radius 3 is 2.62 bits per heavy atom. The third kappa shape index (κ3) is 4.50. The summed E-state index contributed by atoms with van der Waals surface area (Å²) < 4.78 is 19.0. The lowest BCUT2D eigenvalue weighted by Gasteiger charge is -2.36. The fraction of sp³-hybridized carbons (Fsp3) is 0.647. The number of hydrogen-bond acceptors (Lipinski definition) is 3. The van der Waals surface area contributed by atoms with Crippen LogP contribution in [0.4, 0.5) is 4.39 Å². The van der Waals surface area contributed by atoms with Gasteiger partial charge in [0.1, 0.15) is 5.82 Å². The molecule has 1 aromatic rings. The van der Waals surface area contributed by atoms with E-state index < -0.39 is 0 Å². The molecule has 0 spiro atoms. The predicted molar refractivity (Wildman–Crippen MR) is 83.6 cm³/mol. The first-order valence-corrected chi connectivity index (χ1v) is 7.94. The highest BCUT2D eigenvalue weighted by molar-refractivity contribution is 5.21. The molecule has 3 atom stereocenters. The number of likely N-dealkylation sites (N-methyl/N-ethyl adjacent to an activating group) is 1. The number of halogens is 1. The summed E-state index contributed by atoms with van der Waals surface area (Å²) in [5.41, 5.74) is 7.39. The number of nitrogens with zero attached hydrogens (tertiary/aromatic N) is 1. The average Bonchev–Trinajstić information content (AvgIpc) is 2.50. The van der Waals surface area contributed by atoms with Crippen molar-refractivity contribution in [3.8, 4) is 0 Å². The van der Waals surface area contributed by atoms with Crippen molar-refractivity contribution in [2.45, 2.75) is 50.8 Å². The first-order chi connectivity index (χ1) is 10.1. The maximum Gasteiger partial charge on any atom is 0.123 e. The van der Waals surface area contributed by atoms with Crippen molar-refractivity contribution in [1.29, 1.82) is 0 Å². The fourth-order valence-electron chi connectivity index (χ4n) is 3.10. The zero-order valence-corrected chi connectivity index (χ0v) is 13.1. The van der Waals surface area contributed by atoms with Gasteiger partial charge in [0.2, 0.25) is 0 Å². The van der Waals surface area contributed by atoms with Crippen molar-refractivity contribution >= 4 is 0 Å². The minimum atomic E-state index is -0.208. The first kappa shape index (κ1) is 16.4. The Morgan fingerprint density at radius 2 is 2.05 bits per heavy atom. The van der Waals surface area contributed by atoms with Crippen LogP contribution in [-0.4, -0.2) is 37.2 Å². The lowest BCUT2D eigenvalue weighted by Crippen LogP contribution is -2.43. The van der Waals surface area contributed by atoms with Gasteiger partial charge in [-0.05, 0) is 50.4 Å². The molecule has 1 saturated heterocycles. The van der Waals surface area contributed by atoms with E-state index in [1.54, 1.807) is 0 Å². The van der Waals surface area contributed by atoms with Crippen molar-refractivity contribution in [3.63, 3.8) is 0 Å². The van der Waals surface area contributed by atoms with Crippen LogP contribution in [0.3, 0.4) is 0 Å². The van der Waals surface area contributed by atoms with Gasteiger partial charge in [-0.2, -0.15) is 0 Å². The van der Waals surface area contributed by atoms with Crippen molar-refractivity contribution < 1.29 is 9.13 Å². The van der Waals surface area contributed by atoms with E-state index in [9.17, 15) is 4.39 Å². The molecule has 3 nitrogen and oxygen atoms in total. The Labute approximate surface area is 127 Å². The molecule has 1 aromatic carbocycles. The molecule has 0 bridgehead atoms. The van der Waals surface area contributed by atoms with E-state index in [0.717, 1.165) is 38.0 Å². The van der Waals surface area contributed by atoms with Crippen LogP contribution < -0.4 is 5.73 Å². The topological polar surface area (TPSA) is 38.5 Å². The summed E-state index contributed by atoms with van der Waals surface area (Å²) in [5, 5.41) is 0. The normalized spacial score (nSPS) is 22.2. The second-order valence-electron chi connectivity index (χ2n) is 6.00. The highest BCUT2D eigenvalue weighted by atomic mass is 19.1. The molecular weight excluding hydrogens is 267 g/mol. The lowest BCUT2D eigenvalue weighted by molar-refractivity contribution is -0.0104. The molecule has 118 valence electrons. The zero-order valence-electron chi connectivity index (χ0n) is 13.1.